The van der Waals surface area contributed by atoms with Crippen LogP contribution in [0.2, 0.25) is 0 Å². The average molecular weight is 348 g/mol. The molecule has 1 aliphatic rings. The average Bonchev–Trinajstić information content (AvgIpc) is 3.17. The number of nitrogens with two attached hydrogens (primary N) is 1. The molecule has 3 N–H and O–H groups in total. The maximum Gasteiger partial charge on any atom is 0.254 e. The number of fused-ring (bicyclic) bond motifs is 2. The van der Waals surface area contributed by atoms with Crippen LogP contribution in [0.25, 0.3) is 11.0 Å². The number of hydrogen-bond acceptors (Lipinski definition) is 6. The highest BCUT2D eigenvalue weighted by Crippen LogP contribution is 2.31. The number of imidazole rings is 1. The summed E-state index contributed by atoms with van der Waals surface area (Å²) in [4.78, 5) is 27.1. The summed E-state index contributed by atoms with van der Waals surface area (Å²) in [5.74, 6) is -1.36. The van der Waals surface area contributed by atoms with Gasteiger partial charge >= 0.3 is 0 Å². The Hall–Kier alpha value is -3.18. The second-order valence-corrected chi connectivity index (χ2v) is 6.26. The molecule has 8 heteroatoms. The summed E-state index contributed by atoms with van der Waals surface area (Å²) in [5, 5.41) is 10.2. The van der Waals surface area contributed by atoms with Crippen LogP contribution in [0.15, 0.2) is 52.4 Å². The Morgan fingerprint density at radius 1 is 1.24 bits per heavy atom. The van der Waals surface area contributed by atoms with Crippen LogP contribution in [0.5, 0.6) is 0 Å². The Bertz CT molecular complexity index is 1140. The second kappa shape index (κ2) is 5.43. The van der Waals surface area contributed by atoms with Crippen molar-refractivity contribution < 1.29 is 4.79 Å². The normalized spacial score (nSPS) is 19.5. The molecule has 4 rings (SSSR count). The lowest BCUT2D eigenvalue weighted by atomic mass is 9.99. The number of rotatable bonds is 3. The summed E-state index contributed by atoms with van der Waals surface area (Å²) in [7, 11) is 0. The molecule has 0 bridgehead atoms. The molecule has 0 fully saturated rings. The smallest absolute Gasteiger partial charge is 0.254 e. The van der Waals surface area contributed by atoms with Crippen molar-refractivity contribution in [3.05, 3.63) is 64.6 Å². The van der Waals surface area contributed by atoms with E-state index in [4.69, 9.17) is 5.73 Å². The van der Waals surface area contributed by atoms with Gasteiger partial charge in [-0.15, -0.1) is 12.6 Å². The first-order chi connectivity index (χ1) is 12.0. The minimum Gasteiger partial charge on any atom is -0.368 e. The van der Waals surface area contributed by atoms with Gasteiger partial charge in [0.2, 0.25) is 5.91 Å². The topological polar surface area (TPSA) is 120 Å². The molecule has 0 saturated heterocycles. The van der Waals surface area contributed by atoms with E-state index in [2.05, 4.69) is 32.6 Å². The number of primary amides is 1. The Labute approximate surface area is 147 Å². The van der Waals surface area contributed by atoms with Crippen molar-refractivity contribution in [1.82, 2.24) is 9.97 Å². The zero-order valence-electron chi connectivity index (χ0n) is 12.8. The van der Waals surface area contributed by atoms with E-state index >= 15 is 0 Å². The summed E-state index contributed by atoms with van der Waals surface area (Å²) in [5.41, 5.74) is 7.38. The number of H-pyrrole nitrogens is 1. The first-order valence-corrected chi connectivity index (χ1v) is 7.92. The van der Waals surface area contributed by atoms with Gasteiger partial charge in [-0.2, -0.15) is 5.26 Å². The molecule has 2 aromatic carbocycles. The van der Waals surface area contributed by atoms with Crippen LogP contribution in [0.4, 0.5) is 0 Å². The number of benzene rings is 2. The number of nitrogens with one attached hydrogen (secondary N) is 1. The highest BCUT2D eigenvalue weighted by atomic mass is 32.1. The maximum atomic E-state index is 11.6. The summed E-state index contributed by atoms with van der Waals surface area (Å²) >= 11 is 4.60. The SMILES string of the molecule is N#CC(C(N)=O)c1cccc2c1=NC(S)(c1nc3ccccc3[nH]1)N=2. The number of hydrogen-bond donors (Lipinski definition) is 3. The van der Waals surface area contributed by atoms with Gasteiger partial charge in [-0.1, -0.05) is 24.3 Å². The van der Waals surface area contributed by atoms with E-state index in [1.807, 2.05) is 30.3 Å². The third kappa shape index (κ3) is 2.37. The highest BCUT2D eigenvalue weighted by molar-refractivity contribution is 7.81. The molecule has 7 nitrogen and oxygen atoms in total. The molecule has 1 aliphatic heterocycles. The number of aromatic nitrogens is 2. The van der Waals surface area contributed by atoms with Crippen LogP contribution < -0.4 is 16.4 Å². The molecular weight excluding hydrogens is 336 g/mol. The van der Waals surface area contributed by atoms with E-state index < -0.39 is 16.8 Å². The Morgan fingerprint density at radius 2 is 2.04 bits per heavy atom. The summed E-state index contributed by atoms with van der Waals surface area (Å²) < 4.78 is 0. The number of amides is 1. The summed E-state index contributed by atoms with van der Waals surface area (Å²) in [6.45, 7) is 0. The molecule has 122 valence electrons. The van der Waals surface area contributed by atoms with Gasteiger partial charge in [0, 0.05) is 5.56 Å². The lowest BCUT2D eigenvalue weighted by Crippen LogP contribution is -2.32. The summed E-state index contributed by atoms with van der Waals surface area (Å²) in [6, 6.07) is 14.6. The molecule has 0 aliphatic carbocycles. The first-order valence-electron chi connectivity index (χ1n) is 7.47. The van der Waals surface area contributed by atoms with Crippen LogP contribution >= 0.6 is 12.6 Å². The number of para-hydroxylation sites is 3. The lowest BCUT2D eigenvalue weighted by Gasteiger charge is -2.12. The van der Waals surface area contributed by atoms with E-state index in [1.54, 1.807) is 18.2 Å². The number of nitrogens with zero attached hydrogens (tertiary/aromatic N) is 4. The van der Waals surface area contributed by atoms with Crippen molar-refractivity contribution in [3.8, 4) is 6.07 Å². The number of aromatic amines is 1. The third-order valence-electron chi connectivity index (χ3n) is 4.02. The second-order valence-electron chi connectivity index (χ2n) is 5.64. The van der Waals surface area contributed by atoms with Crippen molar-refractivity contribution in [1.29, 1.82) is 5.26 Å². The van der Waals surface area contributed by atoms with Crippen molar-refractivity contribution in [3.63, 3.8) is 0 Å². The zero-order valence-corrected chi connectivity index (χ0v) is 13.7. The Morgan fingerprint density at radius 3 is 2.76 bits per heavy atom. The largest absolute Gasteiger partial charge is 0.368 e. The van der Waals surface area contributed by atoms with Gasteiger partial charge in [-0.3, -0.25) is 4.79 Å². The molecule has 25 heavy (non-hydrogen) atoms. The fraction of sp³-hybridized carbons (Fsp3) is 0.118. The molecular formula is C17H12N6OS. The quantitative estimate of drug-likeness (QED) is 0.603. The van der Waals surface area contributed by atoms with Crippen LogP contribution in [0.1, 0.15) is 17.3 Å². The highest BCUT2D eigenvalue weighted by Gasteiger charge is 2.34. The molecule has 2 unspecified atom stereocenters. The number of thiol groups is 1. The number of nitriles is 1. The van der Waals surface area contributed by atoms with E-state index in [1.165, 1.54) is 0 Å². The van der Waals surface area contributed by atoms with Gasteiger partial charge in [-0.25, -0.2) is 15.0 Å². The fourth-order valence-electron chi connectivity index (χ4n) is 2.85. The predicted molar refractivity (Wildman–Crippen MR) is 93.1 cm³/mol. The molecule has 1 amide bonds. The molecule has 3 aromatic rings. The standard InChI is InChI=1S/C17H12N6OS/c18-8-10(15(19)24)9-4-3-7-13-14(9)23-17(25,22-13)16-20-11-5-1-2-6-12(11)21-16/h1-7,10,25H,(H2,19,24)(H,20,21). The Balaban J connectivity index is 1.92. The third-order valence-corrected chi connectivity index (χ3v) is 4.43. The van der Waals surface area contributed by atoms with Crippen molar-refractivity contribution in [2.75, 3.05) is 0 Å². The van der Waals surface area contributed by atoms with Crippen molar-refractivity contribution in [2.24, 2.45) is 15.7 Å². The molecule has 2 heterocycles. The van der Waals surface area contributed by atoms with Gasteiger partial charge in [0.15, 0.2) is 11.7 Å². The monoisotopic (exact) mass is 348 g/mol. The minimum absolute atomic E-state index is 0.420. The molecule has 0 radical (unpaired) electrons. The minimum atomic E-state index is -1.25. The number of carbonyl (C=O) groups is 1. The number of carbonyl (C=O) groups excluding carboxylic acids is 1. The molecule has 2 atom stereocenters. The van der Waals surface area contributed by atoms with Crippen LogP contribution in [-0.2, 0) is 9.79 Å². The van der Waals surface area contributed by atoms with Crippen LogP contribution in [0, 0.1) is 11.3 Å². The molecule has 1 aromatic heterocycles. The van der Waals surface area contributed by atoms with Gasteiger partial charge in [0.25, 0.3) is 4.99 Å². The molecule has 0 spiro atoms. The van der Waals surface area contributed by atoms with E-state index in [9.17, 15) is 10.1 Å². The zero-order chi connectivity index (χ0) is 17.6. The maximum absolute atomic E-state index is 11.6. The molecule has 0 saturated carbocycles. The van der Waals surface area contributed by atoms with Gasteiger partial charge in [0.1, 0.15) is 0 Å². The summed E-state index contributed by atoms with van der Waals surface area (Å²) in [6.07, 6.45) is 0. The van der Waals surface area contributed by atoms with E-state index in [-0.39, 0.29) is 0 Å². The first kappa shape index (κ1) is 15.4. The van der Waals surface area contributed by atoms with E-state index in [0.29, 0.717) is 22.1 Å². The predicted octanol–water partition coefficient (Wildman–Crippen LogP) is 0.648. The van der Waals surface area contributed by atoms with Crippen molar-refractivity contribution in [2.45, 2.75) is 10.9 Å². The lowest BCUT2D eigenvalue weighted by molar-refractivity contribution is -0.118. The van der Waals surface area contributed by atoms with Crippen molar-refractivity contribution >= 4 is 29.6 Å². The Kier molecular flexibility index (Phi) is 3.33. The van der Waals surface area contributed by atoms with Crippen LogP contribution in [0.3, 0.4) is 0 Å². The van der Waals surface area contributed by atoms with E-state index in [0.717, 1.165) is 11.0 Å². The van der Waals surface area contributed by atoms with Gasteiger partial charge in [0.05, 0.1) is 27.8 Å². The van der Waals surface area contributed by atoms with Gasteiger partial charge < -0.3 is 10.7 Å². The fourth-order valence-corrected chi connectivity index (χ4v) is 3.16. The van der Waals surface area contributed by atoms with Crippen LogP contribution in [-0.4, -0.2) is 15.9 Å². The van der Waals surface area contributed by atoms with Gasteiger partial charge in [-0.05, 0) is 18.2 Å².